The molecule has 1 aromatic carbocycles. The maximum atomic E-state index is 4.40. The molecule has 1 N–H and O–H groups in total. The van der Waals surface area contributed by atoms with Gasteiger partial charge in [0.05, 0.1) is 11.9 Å². The van der Waals surface area contributed by atoms with E-state index in [4.69, 9.17) is 0 Å². The predicted molar refractivity (Wildman–Crippen MR) is 87.6 cm³/mol. The third kappa shape index (κ3) is 2.94. The second-order valence-electron chi connectivity index (χ2n) is 5.17. The van der Waals surface area contributed by atoms with Crippen molar-refractivity contribution in [3.05, 3.63) is 60.6 Å². The van der Waals surface area contributed by atoms with Gasteiger partial charge in [-0.3, -0.25) is 4.98 Å². The Hall–Kier alpha value is -2.62. The Morgan fingerprint density at radius 2 is 1.86 bits per heavy atom. The van der Waals surface area contributed by atoms with Gasteiger partial charge in [0.15, 0.2) is 0 Å². The van der Waals surface area contributed by atoms with Gasteiger partial charge in [-0.1, -0.05) is 24.3 Å². The molecule has 106 valence electrons. The molecule has 3 rings (SSSR count). The second-order valence-corrected chi connectivity index (χ2v) is 5.17. The lowest BCUT2D eigenvalue weighted by atomic mass is 10.1. The highest BCUT2D eigenvalue weighted by atomic mass is 15.1. The molecular formula is C17H18N4. The van der Waals surface area contributed by atoms with Gasteiger partial charge in [-0.25, -0.2) is 4.98 Å². The highest BCUT2D eigenvalue weighted by Crippen LogP contribution is 2.19. The zero-order valence-electron chi connectivity index (χ0n) is 12.2. The van der Waals surface area contributed by atoms with Crippen LogP contribution in [0.3, 0.4) is 0 Å². The van der Waals surface area contributed by atoms with Gasteiger partial charge in [0.2, 0.25) is 0 Å². The van der Waals surface area contributed by atoms with Crippen molar-refractivity contribution in [1.82, 2.24) is 9.97 Å². The number of aromatic nitrogens is 2. The lowest BCUT2D eigenvalue weighted by Gasteiger charge is -2.12. The summed E-state index contributed by atoms with van der Waals surface area (Å²) in [4.78, 5) is 10.7. The van der Waals surface area contributed by atoms with Gasteiger partial charge in [-0.2, -0.15) is 0 Å². The number of nitrogens with zero attached hydrogens (tertiary/aromatic N) is 3. The number of hydrogen-bond acceptors (Lipinski definition) is 4. The Morgan fingerprint density at radius 3 is 2.62 bits per heavy atom. The highest BCUT2D eigenvalue weighted by molar-refractivity contribution is 5.84. The molecule has 0 aliphatic rings. The lowest BCUT2D eigenvalue weighted by Crippen LogP contribution is -2.10. The standard InChI is InChI=1S/C17H18N4/c1-21(2)17-8-7-15(12-20-17)19-11-14-10-18-9-13-5-3-4-6-16(13)14/h3-10,12,19H,11H2,1-2H3. The number of pyridine rings is 2. The first-order valence-corrected chi connectivity index (χ1v) is 6.93. The molecule has 0 amide bonds. The van der Waals surface area contributed by atoms with E-state index < -0.39 is 0 Å². The summed E-state index contributed by atoms with van der Waals surface area (Å²) in [5.41, 5.74) is 2.19. The normalized spacial score (nSPS) is 10.6. The molecule has 4 nitrogen and oxygen atoms in total. The average molecular weight is 278 g/mol. The van der Waals surface area contributed by atoms with Crippen molar-refractivity contribution in [3.8, 4) is 0 Å². The van der Waals surface area contributed by atoms with Crippen molar-refractivity contribution in [2.45, 2.75) is 6.54 Å². The van der Waals surface area contributed by atoms with Crippen molar-refractivity contribution in [3.63, 3.8) is 0 Å². The van der Waals surface area contributed by atoms with Gasteiger partial charge < -0.3 is 10.2 Å². The quantitative estimate of drug-likeness (QED) is 0.795. The van der Waals surface area contributed by atoms with Crippen LogP contribution in [0.1, 0.15) is 5.56 Å². The Morgan fingerprint density at radius 1 is 1.00 bits per heavy atom. The number of hydrogen-bond donors (Lipinski definition) is 1. The molecule has 0 bridgehead atoms. The molecule has 0 saturated heterocycles. The van der Waals surface area contributed by atoms with E-state index in [0.29, 0.717) is 0 Å². The molecule has 0 unspecified atom stereocenters. The largest absolute Gasteiger partial charge is 0.380 e. The Labute approximate surface area is 124 Å². The summed E-state index contributed by atoms with van der Waals surface area (Å²) < 4.78 is 0. The molecule has 4 heteroatoms. The molecule has 21 heavy (non-hydrogen) atoms. The van der Waals surface area contributed by atoms with E-state index in [-0.39, 0.29) is 0 Å². The number of anilines is 2. The molecule has 2 heterocycles. The van der Waals surface area contributed by atoms with Crippen LogP contribution in [0.5, 0.6) is 0 Å². The fourth-order valence-electron chi connectivity index (χ4n) is 2.27. The Bertz CT molecular complexity index is 730. The zero-order chi connectivity index (χ0) is 14.7. The van der Waals surface area contributed by atoms with Gasteiger partial charge in [-0.05, 0) is 23.1 Å². The minimum Gasteiger partial charge on any atom is -0.380 e. The first-order valence-electron chi connectivity index (χ1n) is 6.93. The van der Waals surface area contributed by atoms with E-state index in [1.54, 1.807) is 0 Å². The predicted octanol–water partition coefficient (Wildman–Crippen LogP) is 3.31. The van der Waals surface area contributed by atoms with Gasteiger partial charge in [-0.15, -0.1) is 0 Å². The van der Waals surface area contributed by atoms with E-state index in [1.807, 2.05) is 55.8 Å². The summed E-state index contributed by atoms with van der Waals surface area (Å²) in [6.45, 7) is 0.733. The molecule has 0 radical (unpaired) electrons. The molecule has 0 fully saturated rings. The summed E-state index contributed by atoms with van der Waals surface area (Å²) in [7, 11) is 3.97. The minimum atomic E-state index is 0.733. The van der Waals surface area contributed by atoms with Crippen LogP contribution in [-0.2, 0) is 6.54 Å². The van der Waals surface area contributed by atoms with Crippen molar-refractivity contribution in [2.75, 3.05) is 24.3 Å². The molecular weight excluding hydrogens is 260 g/mol. The van der Waals surface area contributed by atoms with E-state index in [9.17, 15) is 0 Å². The molecule has 0 aliphatic carbocycles. The number of rotatable bonds is 4. The molecule has 2 aromatic heterocycles. The van der Waals surface area contributed by atoms with Gasteiger partial charge >= 0.3 is 0 Å². The van der Waals surface area contributed by atoms with Crippen LogP contribution < -0.4 is 10.2 Å². The van der Waals surface area contributed by atoms with Gasteiger partial charge in [0.25, 0.3) is 0 Å². The first kappa shape index (κ1) is 13.4. The van der Waals surface area contributed by atoms with E-state index >= 15 is 0 Å². The van der Waals surface area contributed by atoms with Crippen LogP contribution in [0.4, 0.5) is 11.5 Å². The molecule has 0 atom stereocenters. The molecule has 0 spiro atoms. The van der Waals surface area contributed by atoms with E-state index in [0.717, 1.165) is 23.4 Å². The summed E-state index contributed by atoms with van der Waals surface area (Å²) in [6, 6.07) is 12.3. The summed E-state index contributed by atoms with van der Waals surface area (Å²) in [6.07, 6.45) is 5.66. The van der Waals surface area contributed by atoms with E-state index in [2.05, 4.69) is 33.5 Å². The van der Waals surface area contributed by atoms with Crippen LogP contribution >= 0.6 is 0 Å². The zero-order valence-corrected chi connectivity index (χ0v) is 12.2. The second kappa shape index (κ2) is 5.79. The molecule has 3 aromatic rings. The van der Waals surface area contributed by atoms with Crippen LogP contribution in [0.15, 0.2) is 55.0 Å². The van der Waals surface area contributed by atoms with Crippen LogP contribution in [0, 0.1) is 0 Å². The van der Waals surface area contributed by atoms with Crippen molar-refractivity contribution < 1.29 is 0 Å². The maximum absolute atomic E-state index is 4.40. The monoisotopic (exact) mass is 278 g/mol. The smallest absolute Gasteiger partial charge is 0.128 e. The van der Waals surface area contributed by atoms with Crippen LogP contribution in [-0.4, -0.2) is 24.1 Å². The topological polar surface area (TPSA) is 41.0 Å². The van der Waals surface area contributed by atoms with Crippen molar-refractivity contribution in [1.29, 1.82) is 0 Å². The average Bonchev–Trinajstić information content (AvgIpc) is 2.53. The SMILES string of the molecule is CN(C)c1ccc(NCc2cncc3ccccc23)cn1. The maximum Gasteiger partial charge on any atom is 0.128 e. The third-order valence-corrected chi connectivity index (χ3v) is 3.44. The first-order chi connectivity index (χ1) is 10.2. The minimum absolute atomic E-state index is 0.733. The summed E-state index contributed by atoms with van der Waals surface area (Å²) in [5.74, 6) is 0.951. The van der Waals surface area contributed by atoms with E-state index in [1.165, 1.54) is 10.9 Å². The van der Waals surface area contributed by atoms with Crippen LogP contribution in [0.25, 0.3) is 10.8 Å². The molecule has 0 saturated carbocycles. The fourth-order valence-corrected chi connectivity index (χ4v) is 2.27. The number of benzene rings is 1. The number of fused-ring (bicyclic) bond motifs is 1. The van der Waals surface area contributed by atoms with Gasteiger partial charge in [0, 0.05) is 38.4 Å². The van der Waals surface area contributed by atoms with Gasteiger partial charge in [0.1, 0.15) is 5.82 Å². The van der Waals surface area contributed by atoms with Crippen molar-refractivity contribution >= 4 is 22.3 Å². The van der Waals surface area contributed by atoms with Crippen molar-refractivity contribution in [2.24, 2.45) is 0 Å². The van der Waals surface area contributed by atoms with Crippen LogP contribution in [0.2, 0.25) is 0 Å². The summed E-state index contributed by atoms with van der Waals surface area (Å²) in [5, 5.41) is 5.80. The fraction of sp³-hybridized carbons (Fsp3) is 0.176. The Kier molecular flexibility index (Phi) is 3.69. The molecule has 0 aliphatic heterocycles. The Balaban J connectivity index is 1.77. The third-order valence-electron chi connectivity index (χ3n) is 3.44. The highest BCUT2D eigenvalue weighted by Gasteiger charge is 2.02. The lowest BCUT2D eigenvalue weighted by molar-refractivity contribution is 1.06. The summed E-state index contributed by atoms with van der Waals surface area (Å²) >= 11 is 0. The number of nitrogens with one attached hydrogen (secondary N) is 1.